The number of amides is 1. The maximum absolute atomic E-state index is 12.8. The molecule has 2 heterocycles. The van der Waals surface area contributed by atoms with Crippen LogP contribution in [0.25, 0.3) is 0 Å². The Kier molecular flexibility index (Phi) is 5.41. The van der Waals surface area contributed by atoms with E-state index in [1.54, 1.807) is 11.4 Å². The molecule has 0 saturated carbocycles. The third kappa shape index (κ3) is 3.65. The van der Waals surface area contributed by atoms with E-state index in [2.05, 4.69) is 5.32 Å². The number of nitriles is 1. The molecule has 1 aromatic carbocycles. The summed E-state index contributed by atoms with van der Waals surface area (Å²) in [6, 6.07) is 9.55. The van der Waals surface area contributed by atoms with E-state index < -0.39 is 10.0 Å². The fraction of sp³-hybridized carbons (Fsp3) is 0.333. The Hall–Kier alpha value is -2.21. The molecule has 136 valence electrons. The van der Waals surface area contributed by atoms with Gasteiger partial charge in [-0.05, 0) is 55.5 Å². The zero-order valence-corrected chi connectivity index (χ0v) is 15.9. The van der Waals surface area contributed by atoms with Crippen molar-refractivity contribution in [3.8, 4) is 6.07 Å². The summed E-state index contributed by atoms with van der Waals surface area (Å²) in [7, 11) is -3.55. The molecule has 8 heteroatoms. The van der Waals surface area contributed by atoms with Crippen LogP contribution in [0.1, 0.15) is 42.1 Å². The normalized spacial score (nSPS) is 18.2. The van der Waals surface area contributed by atoms with Gasteiger partial charge in [0.15, 0.2) is 0 Å². The van der Waals surface area contributed by atoms with E-state index in [1.165, 1.54) is 39.9 Å². The molecule has 2 aromatic rings. The van der Waals surface area contributed by atoms with Crippen molar-refractivity contribution >= 4 is 32.3 Å². The predicted octanol–water partition coefficient (Wildman–Crippen LogP) is 3.44. The van der Waals surface area contributed by atoms with E-state index in [9.17, 15) is 13.2 Å². The third-order valence-electron chi connectivity index (χ3n) is 4.48. The summed E-state index contributed by atoms with van der Waals surface area (Å²) in [6.45, 7) is 2.45. The standard InChI is InChI=1S/C18H19N3O3S2/c1-13-4-2-3-10-21(13)26(23,24)16-7-5-14(6-8-16)17(22)20-18-15(12-19)9-11-25-18/h5-9,11,13H,2-4,10H2,1H3,(H,20,22)/t13-/m1/s1. The highest BCUT2D eigenvalue weighted by atomic mass is 32.2. The maximum atomic E-state index is 12.8. The van der Waals surface area contributed by atoms with Crippen molar-refractivity contribution in [1.82, 2.24) is 4.31 Å². The van der Waals surface area contributed by atoms with Crippen LogP contribution in [0.5, 0.6) is 0 Å². The topological polar surface area (TPSA) is 90.3 Å². The number of nitrogens with one attached hydrogen (secondary N) is 1. The van der Waals surface area contributed by atoms with Crippen LogP contribution in [0.3, 0.4) is 0 Å². The average molecular weight is 390 g/mol. The van der Waals surface area contributed by atoms with Gasteiger partial charge >= 0.3 is 0 Å². The Morgan fingerprint density at radius 3 is 2.65 bits per heavy atom. The molecule has 1 fully saturated rings. The number of piperidine rings is 1. The van der Waals surface area contributed by atoms with Crippen LogP contribution in [0.2, 0.25) is 0 Å². The summed E-state index contributed by atoms with van der Waals surface area (Å²) in [6.07, 6.45) is 2.77. The van der Waals surface area contributed by atoms with Gasteiger partial charge in [-0.1, -0.05) is 6.42 Å². The van der Waals surface area contributed by atoms with Gasteiger partial charge in [-0.15, -0.1) is 11.3 Å². The molecule has 1 aliphatic heterocycles. The Labute approximate surface area is 157 Å². The van der Waals surface area contributed by atoms with Crippen molar-refractivity contribution in [3.63, 3.8) is 0 Å². The minimum absolute atomic E-state index is 0.0139. The monoisotopic (exact) mass is 389 g/mol. The number of anilines is 1. The van der Waals surface area contributed by atoms with Gasteiger partial charge in [0.1, 0.15) is 11.1 Å². The summed E-state index contributed by atoms with van der Waals surface area (Å²) < 4.78 is 27.2. The first-order valence-corrected chi connectivity index (χ1v) is 10.7. The van der Waals surface area contributed by atoms with Gasteiger partial charge < -0.3 is 5.32 Å². The molecule has 0 radical (unpaired) electrons. The van der Waals surface area contributed by atoms with Crippen molar-refractivity contribution in [2.75, 3.05) is 11.9 Å². The second kappa shape index (κ2) is 7.58. The molecule has 1 amide bonds. The highest BCUT2D eigenvalue weighted by Crippen LogP contribution is 2.26. The predicted molar refractivity (Wildman–Crippen MR) is 101 cm³/mol. The summed E-state index contributed by atoms with van der Waals surface area (Å²) in [5.41, 5.74) is 0.745. The summed E-state index contributed by atoms with van der Waals surface area (Å²) in [5, 5.41) is 13.9. The number of sulfonamides is 1. The molecule has 0 unspecified atom stereocenters. The van der Waals surface area contributed by atoms with E-state index in [-0.39, 0.29) is 16.8 Å². The largest absolute Gasteiger partial charge is 0.312 e. The molecule has 1 saturated heterocycles. The second-order valence-corrected chi connectivity index (χ2v) is 9.02. The van der Waals surface area contributed by atoms with Crippen molar-refractivity contribution in [2.45, 2.75) is 37.1 Å². The molecule has 0 bridgehead atoms. The van der Waals surface area contributed by atoms with Crippen LogP contribution < -0.4 is 5.32 Å². The molecule has 26 heavy (non-hydrogen) atoms. The average Bonchev–Trinajstić information content (AvgIpc) is 3.09. The molecule has 1 N–H and O–H groups in total. The summed E-state index contributed by atoms with van der Waals surface area (Å²) in [5.74, 6) is -0.376. The lowest BCUT2D eigenvalue weighted by atomic mass is 10.1. The molecular formula is C18H19N3O3S2. The zero-order chi connectivity index (χ0) is 18.7. The molecule has 1 aromatic heterocycles. The SMILES string of the molecule is C[C@@H]1CCCCN1S(=O)(=O)c1ccc(C(=O)Nc2sccc2C#N)cc1. The minimum atomic E-state index is -3.55. The third-order valence-corrected chi connectivity index (χ3v) is 7.34. The Morgan fingerprint density at radius 2 is 2.00 bits per heavy atom. The Balaban J connectivity index is 1.78. The highest BCUT2D eigenvalue weighted by Gasteiger charge is 2.30. The maximum Gasteiger partial charge on any atom is 0.256 e. The first kappa shape index (κ1) is 18.6. The number of benzene rings is 1. The number of hydrogen-bond donors (Lipinski definition) is 1. The molecule has 6 nitrogen and oxygen atoms in total. The molecule has 1 atom stereocenters. The minimum Gasteiger partial charge on any atom is -0.312 e. The lowest BCUT2D eigenvalue weighted by molar-refractivity contribution is 0.102. The molecular weight excluding hydrogens is 370 g/mol. The van der Waals surface area contributed by atoms with Gasteiger partial charge in [0.25, 0.3) is 5.91 Å². The van der Waals surface area contributed by atoms with E-state index in [0.717, 1.165) is 19.3 Å². The number of carbonyl (C=O) groups is 1. The van der Waals surface area contributed by atoms with E-state index in [1.807, 2.05) is 13.0 Å². The number of nitrogens with zero attached hydrogens (tertiary/aromatic N) is 2. The number of carbonyl (C=O) groups excluding carboxylic acids is 1. The Bertz CT molecular complexity index is 943. The lowest BCUT2D eigenvalue weighted by Crippen LogP contribution is -2.41. The van der Waals surface area contributed by atoms with Crippen molar-refractivity contribution in [3.05, 3.63) is 46.8 Å². The summed E-state index contributed by atoms with van der Waals surface area (Å²) in [4.78, 5) is 12.5. The zero-order valence-electron chi connectivity index (χ0n) is 14.3. The quantitative estimate of drug-likeness (QED) is 0.867. The van der Waals surface area contributed by atoms with Gasteiger partial charge in [-0.2, -0.15) is 9.57 Å². The van der Waals surface area contributed by atoms with Gasteiger partial charge in [0, 0.05) is 18.2 Å². The van der Waals surface area contributed by atoms with Crippen molar-refractivity contribution < 1.29 is 13.2 Å². The van der Waals surface area contributed by atoms with Crippen LogP contribution in [0.15, 0.2) is 40.6 Å². The van der Waals surface area contributed by atoms with Crippen LogP contribution in [0.4, 0.5) is 5.00 Å². The van der Waals surface area contributed by atoms with Gasteiger partial charge in [0.2, 0.25) is 10.0 Å². The van der Waals surface area contributed by atoms with E-state index >= 15 is 0 Å². The van der Waals surface area contributed by atoms with E-state index in [4.69, 9.17) is 5.26 Å². The molecule has 1 aliphatic rings. The smallest absolute Gasteiger partial charge is 0.256 e. The fourth-order valence-corrected chi connectivity index (χ4v) is 5.44. The molecule has 0 spiro atoms. The van der Waals surface area contributed by atoms with Crippen molar-refractivity contribution in [1.29, 1.82) is 5.26 Å². The first-order chi connectivity index (χ1) is 12.4. The number of rotatable bonds is 4. The van der Waals surface area contributed by atoms with Crippen LogP contribution in [-0.4, -0.2) is 31.2 Å². The van der Waals surface area contributed by atoms with Crippen LogP contribution >= 0.6 is 11.3 Å². The van der Waals surface area contributed by atoms with E-state index in [0.29, 0.717) is 22.7 Å². The fourth-order valence-electron chi connectivity index (χ4n) is 3.01. The number of hydrogen-bond acceptors (Lipinski definition) is 5. The first-order valence-electron chi connectivity index (χ1n) is 8.34. The molecule has 0 aliphatic carbocycles. The summed E-state index contributed by atoms with van der Waals surface area (Å²) >= 11 is 1.27. The van der Waals surface area contributed by atoms with Gasteiger partial charge in [0.05, 0.1) is 10.5 Å². The van der Waals surface area contributed by atoms with Gasteiger partial charge in [-0.25, -0.2) is 8.42 Å². The van der Waals surface area contributed by atoms with Gasteiger partial charge in [-0.3, -0.25) is 4.79 Å². The molecule has 3 rings (SSSR count). The van der Waals surface area contributed by atoms with Crippen LogP contribution in [0, 0.1) is 11.3 Å². The lowest BCUT2D eigenvalue weighted by Gasteiger charge is -2.32. The number of thiophene rings is 1. The van der Waals surface area contributed by atoms with Crippen molar-refractivity contribution in [2.24, 2.45) is 0 Å². The highest BCUT2D eigenvalue weighted by molar-refractivity contribution is 7.89. The Morgan fingerprint density at radius 1 is 1.27 bits per heavy atom. The van der Waals surface area contributed by atoms with Crippen LogP contribution in [-0.2, 0) is 10.0 Å². The second-order valence-electron chi connectivity index (χ2n) is 6.21.